The number of hydrogen-bond acceptors (Lipinski definition) is 5. The molecule has 5 nitrogen and oxygen atoms in total. The van der Waals surface area contributed by atoms with E-state index in [0.717, 1.165) is 36.4 Å². The first-order valence-corrected chi connectivity index (χ1v) is 9.77. The van der Waals surface area contributed by atoms with E-state index in [1.54, 1.807) is 25.6 Å². The first kappa shape index (κ1) is 18.7. The lowest BCUT2D eigenvalue weighted by atomic mass is 10.0. The highest BCUT2D eigenvalue weighted by molar-refractivity contribution is 7.07. The van der Waals surface area contributed by atoms with Crippen molar-refractivity contribution in [2.45, 2.75) is 25.4 Å². The molecular formula is C20H26N2O3S. The molecule has 1 aliphatic heterocycles. The average molecular weight is 375 g/mol. The Morgan fingerprint density at radius 2 is 2.15 bits per heavy atom. The number of rotatable bonds is 7. The highest BCUT2D eigenvalue weighted by Gasteiger charge is 2.30. The topological polar surface area (TPSA) is 42.0 Å². The zero-order chi connectivity index (χ0) is 18.5. The van der Waals surface area contributed by atoms with Crippen molar-refractivity contribution in [3.8, 4) is 11.5 Å². The molecule has 0 bridgehead atoms. The van der Waals surface area contributed by atoms with Crippen LogP contribution in [0.2, 0.25) is 0 Å². The van der Waals surface area contributed by atoms with Crippen LogP contribution in [-0.2, 0) is 11.3 Å². The van der Waals surface area contributed by atoms with E-state index in [1.165, 1.54) is 5.56 Å². The van der Waals surface area contributed by atoms with Crippen molar-refractivity contribution >= 4 is 17.2 Å². The highest BCUT2D eigenvalue weighted by atomic mass is 32.1. The molecule has 1 saturated heterocycles. The smallest absolute Gasteiger partial charge is 0.236 e. The van der Waals surface area contributed by atoms with Crippen LogP contribution in [0.5, 0.6) is 11.5 Å². The van der Waals surface area contributed by atoms with Crippen LogP contribution in [0.15, 0.2) is 35.0 Å². The number of likely N-dealkylation sites (tertiary alicyclic amines) is 1. The molecular weight excluding hydrogens is 348 g/mol. The molecule has 0 aliphatic carbocycles. The number of ether oxygens (including phenoxy) is 2. The fourth-order valence-corrected chi connectivity index (χ4v) is 4.16. The van der Waals surface area contributed by atoms with Crippen molar-refractivity contribution in [1.29, 1.82) is 0 Å². The second-order valence-corrected chi connectivity index (χ2v) is 7.40. The number of methoxy groups -OCH3 is 2. The van der Waals surface area contributed by atoms with Crippen LogP contribution < -0.4 is 9.47 Å². The Labute approximate surface area is 159 Å². The molecule has 26 heavy (non-hydrogen) atoms. The average Bonchev–Trinajstić information content (AvgIpc) is 3.33. The van der Waals surface area contributed by atoms with Gasteiger partial charge in [-0.25, -0.2) is 0 Å². The predicted octanol–water partition coefficient (Wildman–Crippen LogP) is 3.56. The van der Waals surface area contributed by atoms with Gasteiger partial charge < -0.3 is 14.4 Å². The quantitative estimate of drug-likeness (QED) is 0.743. The van der Waals surface area contributed by atoms with Gasteiger partial charge in [0.05, 0.1) is 20.8 Å². The summed E-state index contributed by atoms with van der Waals surface area (Å²) in [6.07, 6.45) is 2.12. The van der Waals surface area contributed by atoms with Crippen LogP contribution in [0, 0.1) is 0 Å². The van der Waals surface area contributed by atoms with E-state index < -0.39 is 0 Å². The summed E-state index contributed by atoms with van der Waals surface area (Å²) in [5.41, 5.74) is 2.31. The number of thiophene rings is 1. The minimum absolute atomic E-state index is 0.149. The van der Waals surface area contributed by atoms with Gasteiger partial charge in [-0.1, -0.05) is 6.07 Å². The van der Waals surface area contributed by atoms with Gasteiger partial charge in [0, 0.05) is 31.3 Å². The molecule has 6 heteroatoms. The Hall–Kier alpha value is -2.05. The first-order valence-electron chi connectivity index (χ1n) is 8.83. The minimum Gasteiger partial charge on any atom is -0.497 e. The molecule has 0 saturated carbocycles. The lowest BCUT2D eigenvalue weighted by Crippen LogP contribution is -2.37. The van der Waals surface area contributed by atoms with Crippen LogP contribution >= 0.6 is 11.3 Å². The first-order chi connectivity index (χ1) is 12.6. The zero-order valence-electron chi connectivity index (χ0n) is 15.6. The molecule has 140 valence electrons. The maximum Gasteiger partial charge on any atom is 0.236 e. The summed E-state index contributed by atoms with van der Waals surface area (Å²) in [4.78, 5) is 16.8. The molecule has 0 spiro atoms. The third-order valence-electron chi connectivity index (χ3n) is 4.93. The van der Waals surface area contributed by atoms with Crippen molar-refractivity contribution in [1.82, 2.24) is 9.80 Å². The van der Waals surface area contributed by atoms with E-state index in [2.05, 4.69) is 22.4 Å². The number of carbonyl (C=O) groups excluding carboxylic acids is 1. The minimum atomic E-state index is 0.149. The normalized spacial score (nSPS) is 17.3. The van der Waals surface area contributed by atoms with Gasteiger partial charge in [-0.05, 0) is 47.8 Å². The summed E-state index contributed by atoms with van der Waals surface area (Å²) in [7, 11) is 5.20. The van der Waals surface area contributed by atoms with Crippen LogP contribution in [0.25, 0.3) is 0 Å². The number of nitrogens with zero attached hydrogens (tertiary/aromatic N) is 2. The van der Waals surface area contributed by atoms with Crippen LogP contribution in [0.4, 0.5) is 0 Å². The third kappa shape index (κ3) is 4.19. The van der Waals surface area contributed by atoms with Crippen molar-refractivity contribution in [3.05, 3.63) is 46.2 Å². The van der Waals surface area contributed by atoms with Crippen molar-refractivity contribution in [3.63, 3.8) is 0 Å². The van der Waals surface area contributed by atoms with Gasteiger partial charge >= 0.3 is 0 Å². The molecule has 0 N–H and O–H groups in total. The maximum absolute atomic E-state index is 12.7. The Balaban J connectivity index is 1.69. The molecule has 1 atom stereocenters. The lowest BCUT2D eigenvalue weighted by Gasteiger charge is -2.27. The monoisotopic (exact) mass is 374 g/mol. The second kappa shape index (κ2) is 8.56. The van der Waals surface area contributed by atoms with E-state index in [-0.39, 0.29) is 11.9 Å². The molecule has 1 aliphatic rings. The summed E-state index contributed by atoms with van der Waals surface area (Å²) in [5.74, 6) is 1.75. The van der Waals surface area contributed by atoms with E-state index in [9.17, 15) is 4.79 Å². The molecule has 0 radical (unpaired) electrons. The second-order valence-electron chi connectivity index (χ2n) is 6.62. The molecule has 1 aromatic heterocycles. The predicted molar refractivity (Wildman–Crippen MR) is 104 cm³/mol. The van der Waals surface area contributed by atoms with Crippen molar-refractivity contribution < 1.29 is 14.3 Å². The summed E-state index contributed by atoms with van der Waals surface area (Å²) in [6, 6.07) is 8.19. The molecule has 2 aromatic rings. The molecule has 1 fully saturated rings. The fraction of sp³-hybridized carbons (Fsp3) is 0.450. The largest absolute Gasteiger partial charge is 0.497 e. The Morgan fingerprint density at radius 1 is 1.31 bits per heavy atom. The molecule has 1 aromatic carbocycles. The SMILES string of the molecule is COc1ccc([C@@H]2CCCN2CC(=O)N(C)Cc2ccsc2)c(OC)c1. The van der Waals surface area contributed by atoms with E-state index in [1.807, 2.05) is 29.5 Å². The van der Waals surface area contributed by atoms with E-state index in [4.69, 9.17) is 9.47 Å². The van der Waals surface area contributed by atoms with Gasteiger partial charge in [0.25, 0.3) is 0 Å². The third-order valence-corrected chi connectivity index (χ3v) is 5.66. The number of likely N-dealkylation sites (N-methyl/N-ethyl adjacent to an activating group) is 1. The lowest BCUT2D eigenvalue weighted by molar-refractivity contribution is -0.131. The van der Waals surface area contributed by atoms with Crippen LogP contribution in [0.1, 0.15) is 30.0 Å². The summed E-state index contributed by atoms with van der Waals surface area (Å²) < 4.78 is 10.9. The molecule has 0 unspecified atom stereocenters. The standard InChI is InChI=1S/C20H26N2O3S/c1-21(12-15-8-10-26-14-15)20(23)13-22-9-4-5-18(22)17-7-6-16(24-2)11-19(17)25-3/h6-8,10-11,14,18H,4-5,9,12-13H2,1-3H3/t18-/m0/s1. The highest BCUT2D eigenvalue weighted by Crippen LogP contribution is 2.38. The van der Waals surface area contributed by atoms with Gasteiger partial charge in [-0.2, -0.15) is 11.3 Å². The summed E-state index contributed by atoms with van der Waals surface area (Å²) in [6.45, 7) is 2.02. The Kier molecular flexibility index (Phi) is 6.16. The van der Waals surface area contributed by atoms with Crippen LogP contribution in [-0.4, -0.2) is 50.1 Å². The van der Waals surface area contributed by atoms with Gasteiger partial charge in [-0.3, -0.25) is 9.69 Å². The Bertz CT molecular complexity index is 733. The fourth-order valence-electron chi connectivity index (χ4n) is 3.50. The van der Waals surface area contributed by atoms with Gasteiger partial charge in [0.15, 0.2) is 0 Å². The molecule has 2 heterocycles. The van der Waals surface area contributed by atoms with Gasteiger partial charge in [0.1, 0.15) is 11.5 Å². The van der Waals surface area contributed by atoms with Crippen molar-refractivity contribution in [2.24, 2.45) is 0 Å². The number of benzene rings is 1. The number of hydrogen-bond donors (Lipinski definition) is 0. The van der Waals surface area contributed by atoms with E-state index >= 15 is 0 Å². The maximum atomic E-state index is 12.7. The van der Waals surface area contributed by atoms with Gasteiger partial charge in [-0.15, -0.1) is 0 Å². The Morgan fingerprint density at radius 3 is 2.85 bits per heavy atom. The van der Waals surface area contributed by atoms with Gasteiger partial charge in [0.2, 0.25) is 5.91 Å². The number of carbonyl (C=O) groups is 1. The summed E-state index contributed by atoms with van der Waals surface area (Å²) >= 11 is 1.66. The van der Waals surface area contributed by atoms with Crippen molar-refractivity contribution in [2.75, 3.05) is 34.4 Å². The number of amides is 1. The molecule has 1 amide bonds. The van der Waals surface area contributed by atoms with Crippen LogP contribution in [0.3, 0.4) is 0 Å². The summed E-state index contributed by atoms with van der Waals surface area (Å²) in [5, 5.41) is 4.13. The van der Waals surface area contributed by atoms with E-state index in [0.29, 0.717) is 13.1 Å². The molecule has 3 rings (SSSR count). The zero-order valence-corrected chi connectivity index (χ0v) is 16.4.